The van der Waals surface area contributed by atoms with Crippen LogP contribution in [0.15, 0.2) is 0 Å². The second kappa shape index (κ2) is 8.52. The minimum atomic E-state index is -0.359. The molecule has 4 heteroatoms. The van der Waals surface area contributed by atoms with Gasteiger partial charge in [-0.2, -0.15) is 5.26 Å². The van der Waals surface area contributed by atoms with Crippen molar-refractivity contribution in [3.05, 3.63) is 0 Å². The van der Waals surface area contributed by atoms with Gasteiger partial charge < -0.3 is 15.0 Å². The second-order valence-electron chi connectivity index (χ2n) is 5.65. The summed E-state index contributed by atoms with van der Waals surface area (Å²) < 4.78 is 5.66. The first kappa shape index (κ1) is 16.4. The van der Waals surface area contributed by atoms with Crippen LogP contribution >= 0.6 is 0 Å². The third kappa shape index (κ3) is 5.90. The fraction of sp³-hybridized carbons (Fsp3) is 0.933. The van der Waals surface area contributed by atoms with Crippen LogP contribution in [0.25, 0.3) is 0 Å². The third-order valence-corrected chi connectivity index (χ3v) is 4.14. The Bertz CT molecular complexity index is 282. The highest BCUT2D eigenvalue weighted by Crippen LogP contribution is 2.16. The van der Waals surface area contributed by atoms with Crippen molar-refractivity contribution in [3.8, 4) is 6.07 Å². The van der Waals surface area contributed by atoms with E-state index in [2.05, 4.69) is 23.2 Å². The molecule has 0 aliphatic carbocycles. The van der Waals surface area contributed by atoms with Gasteiger partial charge in [-0.1, -0.05) is 0 Å². The molecule has 0 saturated carbocycles. The fourth-order valence-electron chi connectivity index (χ4n) is 2.59. The number of piperidine rings is 1. The van der Waals surface area contributed by atoms with E-state index < -0.39 is 0 Å². The number of rotatable bonds is 8. The number of nitrogens with zero attached hydrogens (tertiary/aromatic N) is 2. The molecule has 0 bridgehead atoms. The van der Waals surface area contributed by atoms with Crippen LogP contribution in [0.5, 0.6) is 0 Å². The van der Waals surface area contributed by atoms with Gasteiger partial charge >= 0.3 is 0 Å². The molecule has 4 nitrogen and oxygen atoms in total. The summed E-state index contributed by atoms with van der Waals surface area (Å²) in [6.07, 6.45) is 6.03. The van der Waals surface area contributed by atoms with Crippen LogP contribution in [0.1, 0.15) is 46.0 Å². The molecular formula is C15H29N3O. The number of unbranched alkanes of at least 4 members (excludes halogenated alkanes) is 1. The van der Waals surface area contributed by atoms with Gasteiger partial charge in [0.2, 0.25) is 0 Å². The van der Waals surface area contributed by atoms with Crippen molar-refractivity contribution in [1.82, 2.24) is 10.2 Å². The predicted octanol–water partition coefficient (Wildman–Crippen LogP) is 2.16. The highest BCUT2D eigenvalue weighted by atomic mass is 16.5. The van der Waals surface area contributed by atoms with Crippen molar-refractivity contribution < 1.29 is 4.74 Å². The molecule has 1 unspecified atom stereocenters. The van der Waals surface area contributed by atoms with Crippen LogP contribution < -0.4 is 5.32 Å². The lowest BCUT2D eigenvalue weighted by Gasteiger charge is -2.31. The lowest BCUT2D eigenvalue weighted by Crippen LogP contribution is -2.39. The largest absolute Gasteiger partial charge is 0.378 e. The number of nitrogens with one attached hydrogen (secondary N) is 1. The molecule has 0 spiro atoms. The SMILES string of the molecule is CCOC1CCN(CCCCC(C)(C#N)NC)CC1. The maximum Gasteiger partial charge on any atom is 0.103 e. The standard InChI is InChI=1S/C15H29N3O/c1-4-19-14-7-11-18(12-8-14)10-6-5-9-15(2,13-16)17-3/h14,17H,4-12H2,1-3H3. The quantitative estimate of drug-likeness (QED) is 0.685. The molecule has 0 aromatic carbocycles. The molecule has 1 aliphatic heterocycles. The number of likely N-dealkylation sites (tertiary alicyclic amines) is 1. The van der Waals surface area contributed by atoms with E-state index in [1.807, 2.05) is 14.0 Å². The molecule has 1 aliphatic rings. The van der Waals surface area contributed by atoms with Crippen molar-refractivity contribution in [2.24, 2.45) is 0 Å². The lowest BCUT2D eigenvalue weighted by molar-refractivity contribution is 0.0139. The van der Waals surface area contributed by atoms with Crippen LogP contribution in [-0.2, 0) is 4.74 Å². The highest BCUT2D eigenvalue weighted by molar-refractivity contribution is 5.02. The summed E-state index contributed by atoms with van der Waals surface area (Å²) in [5.41, 5.74) is -0.359. The Labute approximate surface area is 118 Å². The third-order valence-electron chi connectivity index (χ3n) is 4.14. The summed E-state index contributed by atoms with van der Waals surface area (Å²) in [6, 6.07) is 2.35. The van der Waals surface area contributed by atoms with Gasteiger partial charge in [0.15, 0.2) is 0 Å². The van der Waals surface area contributed by atoms with Crippen molar-refractivity contribution >= 4 is 0 Å². The lowest BCUT2D eigenvalue weighted by atomic mass is 9.96. The molecule has 0 aromatic heterocycles. The second-order valence-corrected chi connectivity index (χ2v) is 5.65. The van der Waals surface area contributed by atoms with E-state index in [-0.39, 0.29) is 5.54 Å². The normalized spacial score (nSPS) is 20.9. The van der Waals surface area contributed by atoms with Crippen LogP contribution in [0.3, 0.4) is 0 Å². The smallest absolute Gasteiger partial charge is 0.103 e. The summed E-state index contributed by atoms with van der Waals surface area (Å²) in [5.74, 6) is 0. The maximum absolute atomic E-state index is 9.08. The van der Waals surface area contributed by atoms with E-state index in [0.717, 1.165) is 39.1 Å². The summed E-state index contributed by atoms with van der Waals surface area (Å²) in [7, 11) is 1.86. The zero-order chi connectivity index (χ0) is 14.1. The zero-order valence-corrected chi connectivity index (χ0v) is 12.7. The van der Waals surface area contributed by atoms with Crippen LogP contribution in [-0.4, -0.2) is 49.8 Å². The minimum absolute atomic E-state index is 0.359. The molecule has 19 heavy (non-hydrogen) atoms. The molecule has 0 aromatic rings. The first-order valence-corrected chi connectivity index (χ1v) is 7.57. The molecular weight excluding hydrogens is 238 g/mol. The van der Waals surface area contributed by atoms with Crippen molar-refractivity contribution in [3.63, 3.8) is 0 Å². The van der Waals surface area contributed by atoms with Gasteiger partial charge in [0, 0.05) is 19.7 Å². The molecule has 1 atom stereocenters. The summed E-state index contributed by atoms with van der Waals surface area (Å²) in [5, 5.41) is 12.2. The zero-order valence-electron chi connectivity index (χ0n) is 12.7. The number of nitriles is 1. The maximum atomic E-state index is 9.08. The van der Waals surface area contributed by atoms with Gasteiger partial charge in [0.05, 0.1) is 12.2 Å². The Morgan fingerprint density at radius 1 is 1.37 bits per heavy atom. The monoisotopic (exact) mass is 267 g/mol. The average Bonchev–Trinajstić information content (AvgIpc) is 2.45. The molecule has 1 fully saturated rings. The van der Waals surface area contributed by atoms with Crippen LogP contribution in [0.4, 0.5) is 0 Å². The van der Waals surface area contributed by atoms with Gasteiger partial charge in [-0.15, -0.1) is 0 Å². The molecule has 0 amide bonds. The Morgan fingerprint density at radius 3 is 2.58 bits per heavy atom. The Hall–Kier alpha value is -0.630. The molecule has 1 saturated heterocycles. The first-order chi connectivity index (χ1) is 9.13. The van der Waals surface area contributed by atoms with E-state index in [0.29, 0.717) is 6.10 Å². The summed E-state index contributed by atoms with van der Waals surface area (Å²) in [4.78, 5) is 2.53. The molecule has 110 valence electrons. The van der Waals surface area contributed by atoms with Gasteiger partial charge in [-0.25, -0.2) is 0 Å². The van der Waals surface area contributed by atoms with E-state index in [4.69, 9.17) is 10.00 Å². The van der Waals surface area contributed by atoms with E-state index in [9.17, 15) is 0 Å². The number of ether oxygens (including phenoxy) is 1. The Balaban J connectivity index is 2.10. The summed E-state index contributed by atoms with van der Waals surface area (Å²) >= 11 is 0. The summed E-state index contributed by atoms with van der Waals surface area (Å²) in [6.45, 7) is 8.35. The predicted molar refractivity (Wildman–Crippen MR) is 78.0 cm³/mol. The molecule has 1 heterocycles. The van der Waals surface area contributed by atoms with Crippen LogP contribution in [0.2, 0.25) is 0 Å². The van der Waals surface area contributed by atoms with Gasteiger partial charge in [0.1, 0.15) is 5.54 Å². The minimum Gasteiger partial charge on any atom is -0.378 e. The molecule has 1 rings (SSSR count). The Morgan fingerprint density at radius 2 is 2.05 bits per heavy atom. The van der Waals surface area contributed by atoms with E-state index >= 15 is 0 Å². The molecule has 1 N–H and O–H groups in total. The van der Waals surface area contributed by atoms with Gasteiger partial charge in [0.25, 0.3) is 0 Å². The molecule has 0 radical (unpaired) electrons. The van der Waals surface area contributed by atoms with Crippen molar-refractivity contribution in [1.29, 1.82) is 5.26 Å². The Kier molecular flexibility index (Phi) is 7.37. The topological polar surface area (TPSA) is 48.3 Å². The van der Waals surface area contributed by atoms with Crippen LogP contribution in [0, 0.1) is 11.3 Å². The van der Waals surface area contributed by atoms with Gasteiger partial charge in [-0.3, -0.25) is 0 Å². The van der Waals surface area contributed by atoms with E-state index in [1.165, 1.54) is 19.3 Å². The highest BCUT2D eigenvalue weighted by Gasteiger charge is 2.21. The van der Waals surface area contributed by atoms with E-state index in [1.54, 1.807) is 0 Å². The number of hydrogen-bond acceptors (Lipinski definition) is 4. The average molecular weight is 267 g/mol. The fourth-order valence-corrected chi connectivity index (χ4v) is 2.59. The van der Waals surface area contributed by atoms with Gasteiger partial charge in [-0.05, 0) is 59.5 Å². The van der Waals surface area contributed by atoms with Crippen molar-refractivity contribution in [2.75, 3.05) is 33.3 Å². The first-order valence-electron chi connectivity index (χ1n) is 7.57. The number of hydrogen-bond donors (Lipinski definition) is 1. The van der Waals surface area contributed by atoms with Crippen molar-refractivity contribution in [2.45, 2.75) is 57.6 Å².